The number of ketones is 1. The van der Waals surface area contributed by atoms with Gasteiger partial charge in [0.1, 0.15) is 19.6 Å². The molecule has 1 unspecified atom stereocenters. The highest BCUT2D eigenvalue weighted by Gasteiger charge is 2.49. The number of anilines is 1. The Kier molecular flexibility index (Phi) is 8.35. The number of nitrogens with zero attached hydrogens (tertiary/aromatic N) is 3. The van der Waals surface area contributed by atoms with Crippen molar-refractivity contribution in [1.29, 1.82) is 0 Å². The summed E-state index contributed by atoms with van der Waals surface area (Å²) in [7, 11) is 0. The van der Waals surface area contributed by atoms with Gasteiger partial charge in [-0.1, -0.05) is 19.1 Å². The van der Waals surface area contributed by atoms with Crippen molar-refractivity contribution in [3.63, 3.8) is 0 Å². The largest absolute Gasteiger partial charge is 0.497 e. The number of hydrogen-bond acceptors (Lipinski definition) is 5. The summed E-state index contributed by atoms with van der Waals surface area (Å²) >= 11 is 0. The summed E-state index contributed by atoms with van der Waals surface area (Å²) in [5.74, 6) is -2.39. The van der Waals surface area contributed by atoms with Crippen LogP contribution in [0.2, 0.25) is 0 Å². The van der Waals surface area contributed by atoms with Gasteiger partial charge in [-0.3, -0.25) is 19.3 Å². The van der Waals surface area contributed by atoms with Gasteiger partial charge in [0.15, 0.2) is 5.78 Å². The number of para-hydroxylation sites is 1. The summed E-state index contributed by atoms with van der Waals surface area (Å²) in [6.45, 7) is 6.36. The van der Waals surface area contributed by atoms with Gasteiger partial charge in [-0.05, 0) is 31.9 Å². The third-order valence-electron chi connectivity index (χ3n) is 6.87. The topological polar surface area (TPSA) is 66.9 Å². The molecule has 3 rings (SSSR count). The maximum atomic E-state index is 13.0. The molecule has 1 aromatic carbocycles. The van der Waals surface area contributed by atoms with Gasteiger partial charge >= 0.3 is 12.1 Å². The minimum Gasteiger partial charge on any atom is -0.312 e. The van der Waals surface area contributed by atoms with Gasteiger partial charge < -0.3 is 4.90 Å². The van der Waals surface area contributed by atoms with Gasteiger partial charge in [0, 0.05) is 37.4 Å². The van der Waals surface area contributed by atoms with Crippen LogP contribution in [-0.2, 0) is 14.4 Å². The summed E-state index contributed by atoms with van der Waals surface area (Å²) in [5.41, 5.74) is 1.08. The zero-order valence-corrected chi connectivity index (χ0v) is 19.8. The number of unbranched alkanes of at least 4 members (excludes halogenated alkanes) is 1. The maximum absolute atomic E-state index is 13.0. The Hall–Kier alpha value is -2.46. The van der Waals surface area contributed by atoms with E-state index in [1.165, 1.54) is 0 Å². The lowest BCUT2D eigenvalue weighted by Crippen LogP contribution is -2.62. The summed E-state index contributed by atoms with van der Waals surface area (Å²) in [6.07, 6.45) is -2.86. The van der Waals surface area contributed by atoms with Gasteiger partial charge in [-0.25, -0.2) is 4.79 Å². The first-order chi connectivity index (χ1) is 16.1. The van der Waals surface area contributed by atoms with Crippen molar-refractivity contribution in [2.45, 2.75) is 58.2 Å². The van der Waals surface area contributed by atoms with E-state index in [0.29, 0.717) is 49.8 Å². The number of rotatable bonds is 8. The van der Waals surface area contributed by atoms with Crippen LogP contribution in [0, 0.1) is 0 Å². The first-order valence-corrected chi connectivity index (χ1v) is 11.9. The molecule has 0 saturated carbocycles. The fraction of sp³-hybridized carbons (Fsp3) is 0.625. The molecule has 0 bridgehead atoms. The number of benzene rings is 1. The Morgan fingerprint density at radius 1 is 1.12 bits per heavy atom. The molecular formula is C24H33F3N3O4+. The molecule has 10 heteroatoms. The van der Waals surface area contributed by atoms with E-state index in [4.69, 9.17) is 4.84 Å². The summed E-state index contributed by atoms with van der Waals surface area (Å²) < 4.78 is 38.5. The highest BCUT2D eigenvalue weighted by atomic mass is 19.4. The average Bonchev–Trinajstić information content (AvgIpc) is 2.93. The maximum Gasteiger partial charge on any atom is 0.497 e. The van der Waals surface area contributed by atoms with Crippen LogP contribution in [0.5, 0.6) is 0 Å². The fourth-order valence-corrected chi connectivity index (χ4v) is 4.62. The second-order valence-corrected chi connectivity index (χ2v) is 9.09. The van der Waals surface area contributed by atoms with Crippen LogP contribution >= 0.6 is 0 Å². The standard InChI is InChI=1S/C24H33F3N3O4/c1-3-18(2)28-13-16-30(17-14-28,34-23(33)24(25,26)27)15-7-6-12-29-20-9-5-4-8-19(20)21(31)10-11-22(29)32/h4-5,8-9,18H,3,6-7,10-17H2,1-2H3/q+1. The molecule has 0 aliphatic carbocycles. The second kappa shape index (κ2) is 10.9. The first-order valence-electron chi connectivity index (χ1n) is 11.9. The van der Waals surface area contributed by atoms with E-state index < -0.39 is 12.1 Å². The first kappa shape index (κ1) is 26.2. The van der Waals surface area contributed by atoms with E-state index >= 15 is 0 Å². The second-order valence-electron chi connectivity index (χ2n) is 9.09. The Bertz CT molecular complexity index is 898. The number of halogens is 3. The average molecular weight is 485 g/mol. The lowest BCUT2D eigenvalue weighted by atomic mass is 10.1. The van der Waals surface area contributed by atoms with Gasteiger partial charge in [0.05, 0.1) is 18.8 Å². The van der Waals surface area contributed by atoms with Gasteiger partial charge in [0.2, 0.25) is 5.91 Å². The highest BCUT2D eigenvalue weighted by molar-refractivity contribution is 6.10. The van der Waals surface area contributed by atoms with Crippen LogP contribution in [-0.4, -0.2) is 78.7 Å². The van der Waals surface area contributed by atoms with E-state index in [-0.39, 0.29) is 48.8 Å². The molecular weight excluding hydrogens is 451 g/mol. The monoisotopic (exact) mass is 484 g/mol. The lowest BCUT2D eigenvalue weighted by Gasteiger charge is -2.43. The minimum absolute atomic E-state index is 0.0748. The number of carbonyl (C=O) groups excluding carboxylic acids is 3. The number of Topliss-reactive ketones (excluding diaryl/α,β-unsaturated/α-hetero) is 1. The lowest BCUT2D eigenvalue weighted by molar-refractivity contribution is -1.09. The van der Waals surface area contributed by atoms with Crippen molar-refractivity contribution >= 4 is 23.3 Å². The summed E-state index contributed by atoms with van der Waals surface area (Å²) in [4.78, 5) is 45.5. The number of fused-ring (bicyclic) bond motifs is 1. The van der Waals surface area contributed by atoms with Gasteiger partial charge in [0.25, 0.3) is 0 Å². The Labute approximate surface area is 198 Å². The van der Waals surface area contributed by atoms with Crippen molar-refractivity contribution in [2.75, 3.05) is 44.2 Å². The van der Waals surface area contributed by atoms with Crippen LogP contribution in [0.15, 0.2) is 24.3 Å². The van der Waals surface area contributed by atoms with Crippen molar-refractivity contribution in [1.82, 2.24) is 4.90 Å². The molecule has 0 spiro atoms. The van der Waals surface area contributed by atoms with Gasteiger partial charge in [-0.2, -0.15) is 13.2 Å². The molecule has 1 atom stereocenters. The highest BCUT2D eigenvalue weighted by Crippen LogP contribution is 2.28. The molecule has 0 radical (unpaired) electrons. The molecule has 7 nitrogen and oxygen atoms in total. The van der Waals surface area contributed by atoms with Crippen LogP contribution in [0.3, 0.4) is 0 Å². The summed E-state index contributed by atoms with van der Waals surface area (Å²) in [6, 6.07) is 7.27. The van der Waals surface area contributed by atoms with Crippen LogP contribution < -0.4 is 4.90 Å². The fourth-order valence-electron chi connectivity index (χ4n) is 4.62. The number of piperazine rings is 1. The van der Waals surface area contributed by atoms with Crippen molar-refractivity contribution in [3.8, 4) is 0 Å². The van der Waals surface area contributed by atoms with Crippen molar-refractivity contribution in [2.24, 2.45) is 0 Å². The van der Waals surface area contributed by atoms with E-state index in [2.05, 4.69) is 18.7 Å². The molecule has 2 aliphatic rings. The Morgan fingerprint density at radius 2 is 1.79 bits per heavy atom. The van der Waals surface area contributed by atoms with Crippen molar-refractivity contribution < 1.29 is 37.0 Å². The number of hydrogen-bond donors (Lipinski definition) is 0. The minimum atomic E-state index is -5.05. The van der Waals surface area contributed by atoms with Crippen LogP contribution in [0.25, 0.3) is 0 Å². The Morgan fingerprint density at radius 3 is 2.44 bits per heavy atom. The molecule has 2 heterocycles. The van der Waals surface area contributed by atoms with Crippen molar-refractivity contribution in [3.05, 3.63) is 29.8 Å². The number of hydroxylamine groups is 3. The van der Waals surface area contributed by atoms with E-state index in [9.17, 15) is 27.6 Å². The van der Waals surface area contributed by atoms with E-state index in [1.807, 2.05) is 0 Å². The normalized spacial score (nSPS) is 20.0. The van der Waals surface area contributed by atoms with Crippen LogP contribution in [0.4, 0.5) is 18.9 Å². The SMILES string of the molecule is CCC(C)N1CC[N+](CCCCN2C(=O)CCC(=O)c3ccccc32)(OC(=O)C(F)(F)F)CC1. The quantitative estimate of drug-likeness (QED) is 0.416. The predicted molar refractivity (Wildman–Crippen MR) is 120 cm³/mol. The molecule has 1 fully saturated rings. The predicted octanol–water partition coefficient (Wildman–Crippen LogP) is 3.73. The van der Waals surface area contributed by atoms with E-state index in [1.54, 1.807) is 29.2 Å². The zero-order valence-electron chi connectivity index (χ0n) is 19.8. The number of carbonyl (C=O) groups is 3. The smallest absolute Gasteiger partial charge is 0.312 e. The Balaban J connectivity index is 1.65. The zero-order chi connectivity index (χ0) is 24.9. The molecule has 0 N–H and O–H groups in total. The van der Waals surface area contributed by atoms with Crippen LogP contribution in [0.1, 0.15) is 56.3 Å². The molecule has 1 saturated heterocycles. The molecule has 0 aromatic heterocycles. The summed E-state index contributed by atoms with van der Waals surface area (Å²) in [5, 5.41) is 0. The number of amides is 1. The third kappa shape index (κ3) is 6.15. The number of alkyl halides is 3. The molecule has 188 valence electrons. The third-order valence-corrected chi connectivity index (χ3v) is 6.87. The van der Waals surface area contributed by atoms with E-state index in [0.717, 1.165) is 6.42 Å². The van der Waals surface area contributed by atoms with Gasteiger partial charge in [-0.15, -0.1) is 4.65 Å². The molecule has 1 aromatic rings. The molecule has 34 heavy (non-hydrogen) atoms. The molecule has 2 aliphatic heterocycles. The molecule has 1 amide bonds. The number of quaternary nitrogens is 1.